The molecule has 3 N–H and O–H groups in total. The molecule has 0 fully saturated rings. The monoisotopic (exact) mass is 217 g/mol. The van der Waals surface area contributed by atoms with E-state index in [1.54, 1.807) is 0 Å². The van der Waals surface area contributed by atoms with Crippen LogP contribution in [0, 0.1) is 0 Å². The summed E-state index contributed by atoms with van der Waals surface area (Å²) < 4.78 is 1.30. The van der Waals surface area contributed by atoms with Crippen LogP contribution in [0.3, 0.4) is 0 Å². The normalized spacial score (nSPS) is 12.7. The van der Waals surface area contributed by atoms with Gasteiger partial charge in [0.15, 0.2) is 5.82 Å². The van der Waals surface area contributed by atoms with Crippen molar-refractivity contribution in [1.29, 1.82) is 0 Å². The Morgan fingerprint density at radius 1 is 1.86 bits per heavy atom. The van der Waals surface area contributed by atoms with Gasteiger partial charge in [-0.05, 0) is 6.42 Å². The van der Waals surface area contributed by atoms with E-state index in [1.165, 1.54) is 10.9 Å². The third-order valence-corrected chi connectivity index (χ3v) is 2.17. The summed E-state index contributed by atoms with van der Waals surface area (Å²) in [5.74, 6) is -0.764. The molecule has 1 aromatic heterocycles. The molecule has 0 aliphatic rings. The molecule has 1 unspecified atom stereocenters. The lowest BCUT2D eigenvalue weighted by Crippen LogP contribution is -2.19. The Hall–Kier alpha value is -1.23. The van der Waals surface area contributed by atoms with Gasteiger partial charge < -0.3 is 10.8 Å². The fourth-order valence-electron chi connectivity index (χ4n) is 1.19. The van der Waals surface area contributed by atoms with Crippen LogP contribution in [0.1, 0.15) is 25.8 Å². The second-order valence-corrected chi connectivity index (χ2v) is 3.39. The van der Waals surface area contributed by atoms with Crippen LogP contribution in [-0.4, -0.2) is 20.9 Å². The van der Waals surface area contributed by atoms with Gasteiger partial charge in [-0.25, -0.2) is 4.79 Å². The first-order valence-electron chi connectivity index (χ1n) is 4.29. The van der Waals surface area contributed by atoms with Crippen molar-refractivity contribution in [2.24, 2.45) is 0 Å². The lowest BCUT2D eigenvalue weighted by molar-refractivity contribution is -0.141. The molecule has 14 heavy (non-hydrogen) atoms. The van der Waals surface area contributed by atoms with Gasteiger partial charge in [-0.1, -0.05) is 24.9 Å². The zero-order valence-corrected chi connectivity index (χ0v) is 8.53. The number of nitrogens with two attached hydrogens (primary N) is 1. The van der Waals surface area contributed by atoms with Gasteiger partial charge in [0, 0.05) is 6.20 Å². The Morgan fingerprint density at radius 2 is 2.50 bits per heavy atom. The molecule has 1 aromatic rings. The standard InChI is InChI=1S/C8H12ClN3O2/c1-2-3-6(8(13)14)12-4-5(9)7(10)11-12/h4,6H,2-3H2,1H3,(H2,10,11)(H,13,14). The lowest BCUT2D eigenvalue weighted by Gasteiger charge is -2.10. The molecule has 0 aliphatic heterocycles. The fourth-order valence-corrected chi connectivity index (χ4v) is 1.32. The zero-order chi connectivity index (χ0) is 10.7. The van der Waals surface area contributed by atoms with Gasteiger partial charge in [0.1, 0.15) is 11.1 Å². The number of nitrogen functional groups attached to an aromatic ring is 1. The summed E-state index contributed by atoms with van der Waals surface area (Å²) in [5, 5.41) is 13.0. The van der Waals surface area contributed by atoms with Crippen molar-refractivity contribution in [2.45, 2.75) is 25.8 Å². The maximum Gasteiger partial charge on any atom is 0.328 e. The Labute approximate surface area is 86.5 Å². The number of aromatic nitrogens is 2. The van der Waals surface area contributed by atoms with Crippen LogP contribution < -0.4 is 5.73 Å². The van der Waals surface area contributed by atoms with E-state index in [4.69, 9.17) is 22.4 Å². The summed E-state index contributed by atoms with van der Waals surface area (Å²) in [5.41, 5.74) is 5.42. The van der Waals surface area contributed by atoms with E-state index in [2.05, 4.69) is 5.10 Å². The number of carboxylic acids is 1. The van der Waals surface area contributed by atoms with Crippen LogP contribution in [0.2, 0.25) is 5.02 Å². The molecule has 0 bridgehead atoms. The van der Waals surface area contributed by atoms with Gasteiger partial charge >= 0.3 is 5.97 Å². The molecule has 0 amide bonds. The summed E-state index contributed by atoms with van der Waals surface area (Å²) in [6.07, 6.45) is 2.70. The lowest BCUT2D eigenvalue weighted by atomic mass is 10.2. The summed E-state index contributed by atoms with van der Waals surface area (Å²) in [4.78, 5) is 10.9. The number of carbonyl (C=O) groups is 1. The summed E-state index contributed by atoms with van der Waals surface area (Å²) in [6, 6.07) is -0.685. The Bertz CT molecular complexity index is 318. The van der Waals surface area contributed by atoms with Gasteiger partial charge in [-0.2, -0.15) is 5.10 Å². The van der Waals surface area contributed by atoms with E-state index < -0.39 is 12.0 Å². The largest absolute Gasteiger partial charge is 0.480 e. The molecule has 1 heterocycles. The van der Waals surface area contributed by atoms with E-state index >= 15 is 0 Å². The highest BCUT2D eigenvalue weighted by atomic mass is 35.5. The third kappa shape index (κ3) is 2.17. The Morgan fingerprint density at radius 3 is 2.86 bits per heavy atom. The molecule has 1 atom stereocenters. The van der Waals surface area contributed by atoms with E-state index in [1.807, 2.05) is 6.92 Å². The highest BCUT2D eigenvalue weighted by Gasteiger charge is 2.20. The van der Waals surface area contributed by atoms with E-state index in [0.717, 1.165) is 6.42 Å². The van der Waals surface area contributed by atoms with Gasteiger partial charge in [-0.3, -0.25) is 4.68 Å². The molecular weight excluding hydrogens is 206 g/mol. The van der Waals surface area contributed by atoms with Crippen molar-refractivity contribution in [1.82, 2.24) is 9.78 Å². The molecule has 1 rings (SSSR count). The minimum atomic E-state index is -0.925. The molecule has 6 heteroatoms. The molecule has 0 radical (unpaired) electrons. The SMILES string of the molecule is CCCC(C(=O)O)n1cc(Cl)c(N)n1. The van der Waals surface area contributed by atoms with Crippen molar-refractivity contribution >= 4 is 23.4 Å². The molecule has 0 aliphatic carbocycles. The van der Waals surface area contributed by atoms with Crippen LogP contribution in [0.5, 0.6) is 0 Å². The maximum atomic E-state index is 10.9. The average Bonchev–Trinajstić information content (AvgIpc) is 2.42. The smallest absolute Gasteiger partial charge is 0.328 e. The van der Waals surface area contributed by atoms with Crippen LogP contribution in [0.25, 0.3) is 0 Å². The molecule has 78 valence electrons. The van der Waals surface area contributed by atoms with Crippen molar-refractivity contribution in [3.63, 3.8) is 0 Å². The van der Waals surface area contributed by atoms with Crippen molar-refractivity contribution < 1.29 is 9.90 Å². The van der Waals surface area contributed by atoms with Crippen LogP contribution in [0.15, 0.2) is 6.20 Å². The van der Waals surface area contributed by atoms with Gasteiger partial charge in [0.2, 0.25) is 0 Å². The number of nitrogens with zero attached hydrogens (tertiary/aromatic N) is 2. The maximum absolute atomic E-state index is 10.9. The highest BCUT2D eigenvalue weighted by Crippen LogP contribution is 2.21. The quantitative estimate of drug-likeness (QED) is 0.802. The second kappa shape index (κ2) is 4.32. The predicted molar refractivity (Wildman–Crippen MR) is 53.2 cm³/mol. The number of rotatable bonds is 4. The van der Waals surface area contributed by atoms with Crippen molar-refractivity contribution in [2.75, 3.05) is 5.73 Å². The first kappa shape index (κ1) is 10.8. The molecule has 0 saturated carbocycles. The minimum Gasteiger partial charge on any atom is -0.480 e. The molecule has 0 saturated heterocycles. The van der Waals surface area contributed by atoms with E-state index in [9.17, 15) is 4.79 Å². The Balaban J connectivity index is 2.93. The number of hydrogen-bond donors (Lipinski definition) is 2. The predicted octanol–water partition coefficient (Wildman–Crippen LogP) is 1.54. The van der Waals surface area contributed by atoms with Gasteiger partial charge in [0.25, 0.3) is 0 Å². The number of carboxylic acid groups (broad SMARTS) is 1. The summed E-state index contributed by atoms with van der Waals surface area (Å²) in [7, 11) is 0. The molecular formula is C8H12ClN3O2. The summed E-state index contributed by atoms with van der Waals surface area (Å²) >= 11 is 5.68. The van der Waals surface area contributed by atoms with Crippen molar-refractivity contribution in [3.05, 3.63) is 11.2 Å². The Kier molecular flexibility index (Phi) is 3.35. The fraction of sp³-hybridized carbons (Fsp3) is 0.500. The van der Waals surface area contributed by atoms with Gasteiger partial charge in [0.05, 0.1) is 0 Å². The van der Waals surface area contributed by atoms with E-state index in [-0.39, 0.29) is 10.8 Å². The highest BCUT2D eigenvalue weighted by molar-refractivity contribution is 6.32. The number of anilines is 1. The minimum absolute atomic E-state index is 0.161. The molecule has 0 spiro atoms. The topological polar surface area (TPSA) is 81.1 Å². The van der Waals surface area contributed by atoms with Crippen LogP contribution in [-0.2, 0) is 4.79 Å². The number of aliphatic carboxylic acids is 1. The van der Waals surface area contributed by atoms with Crippen LogP contribution in [0.4, 0.5) is 5.82 Å². The van der Waals surface area contributed by atoms with Crippen molar-refractivity contribution in [3.8, 4) is 0 Å². The average molecular weight is 218 g/mol. The summed E-state index contributed by atoms with van der Waals surface area (Å²) in [6.45, 7) is 1.91. The zero-order valence-electron chi connectivity index (χ0n) is 7.77. The van der Waals surface area contributed by atoms with E-state index in [0.29, 0.717) is 6.42 Å². The van der Waals surface area contributed by atoms with Crippen LogP contribution >= 0.6 is 11.6 Å². The third-order valence-electron chi connectivity index (χ3n) is 1.88. The molecule has 5 nitrogen and oxygen atoms in total. The molecule has 0 aromatic carbocycles. The first-order chi connectivity index (χ1) is 6.56. The number of halogens is 1. The second-order valence-electron chi connectivity index (χ2n) is 2.98. The van der Waals surface area contributed by atoms with Gasteiger partial charge in [-0.15, -0.1) is 0 Å². The first-order valence-corrected chi connectivity index (χ1v) is 4.67. The number of hydrogen-bond acceptors (Lipinski definition) is 3.